The van der Waals surface area contributed by atoms with Gasteiger partial charge in [-0.2, -0.15) is 0 Å². The van der Waals surface area contributed by atoms with Crippen LogP contribution in [0.2, 0.25) is 5.02 Å². The molecule has 1 aromatic carbocycles. The highest BCUT2D eigenvalue weighted by atomic mass is 79.9. The molecule has 1 atom stereocenters. The van der Waals surface area contributed by atoms with Crippen LogP contribution in [0.25, 0.3) is 0 Å². The van der Waals surface area contributed by atoms with Crippen LogP contribution in [0.15, 0.2) is 22.7 Å². The molecule has 0 radical (unpaired) electrons. The quantitative estimate of drug-likeness (QED) is 0.815. The Morgan fingerprint density at radius 2 is 2.25 bits per heavy atom. The Morgan fingerprint density at radius 3 is 2.88 bits per heavy atom. The summed E-state index contributed by atoms with van der Waals surface area (Å²) in [6.07, 6.45) is 2.67. The molecule has 1 N–H and O–H groups in total. The maximum Gasteiger partial charge on any atom is 0.0551 e. The maximum atomic E-state index is 10.8. The highest BCUT2D eigenvalue weighted by molar-refractivity contribution is 9.10. The first-order chi connectivity index (χ1) is 7.59. The van der Waals surface area contributed by atoms with Crippen LogP contribution in [-0.2, 0) is 17.3 Å². The number of rotatable bonds is 6. The fourth-order valence-corrected chi connectivity index (χ4v) is 2.28. The maximum absolute atomic E-state index is 10.8. The second-order valence-electron chi connectivity index (χ2n) is 3.56. The summed E-state index contributed by atoms with van der Waals surface area (Å²) < 4.78 is 11.7. The van der Waals surface area contributed by atoms with Crippen LogP contribution in [0.1, 0.15) is 12.0 Å². The topological polar surface area (TPSA) is 29.1 Å². The first-order valence-electron chi connectivity index (χ1n) is 5.04. The van der Waals surface area contributed by atoms with E-state index >= 15 is 0 Å². The molecule has 0 amide bonds. The van der Waals surface area contributed by atoms with Gasteiger partial charge in [-0.25, -0.2) is 0 Å². The molecular weight excluding hydrogens is 310 g/mol. The lowest BCUT2D eigenvalue weighted by atomic mass is 10.2. The van der Waals surface area contributed by atoms with Crippen molar-refractivity contribution in [2.75, 3.05) is 18.6 Å². The number of hydrogen-bond donors (Lipinski definition) is 1. The van der Waals surface area contributed by atoms with E-state index in [9.17, 15) is 4.21 Å². The zero-order chi connectivity index (χ0) is 12.0. The smallest absolute Gasteiger partial charge is 0.0551 e. The number of halogens is 2. The summed E-state index contributed by atoms with van der Waals surface area (Å²) in [5, 5.41) is 4.03. The van der Waals surface area contributed by atoms with Crippen LogP contribution < -0.4 is 5.32 Å². The minimum absolute atomic E-state index is 0.688. The average molecular weight is 325 g/mol. The van der Waals surface area contributed by atoms with E-state index in [0.29, 0.717) is 0 Å². The van der Waals surface area contributed by atoms with Gasteiger partial charge in [-0.3, -0.25) is 4.21 Å². The fourth-order valence-electron chi connectivity index (χ4n) is 1.28. The summed E-state index contributed by atoms with van der Waals surface area (Å²) in [6.45, 7) is 1.68. The first kappa shape index (κ1) is 14.2. The number of nitrogens with one attached hydrogen (secondary N) is 1. The van der Waals surface area contributed by atoms with E-state index in [0.717, 1.165) is 40.3 Å². The highest BCUT2D eigenvalue weighted by Gasteiger charge is 1.98. The van der Waals surface area contributed by atoms with Gasteiger partial charge < -0.3 is 5.32 Å². The molecule has 0 aromatic heterocycles. The molecule has 0 saturated carbocycles. The monoisotopic (exact) mass is 323 g/mol. The molecule has 1 rings (SSSR count). The summed E-state index contributed by atoms with van der Waals surface area (Å²) in [5.41, 5.74) is 1.16. The Balaban J connectivity index is 2.27. The van der Waals surface area contributed by atoms with Crippen molar-refractivity contribution in [3.8, 4) is 0 Å². The van der Waals surface area contributed by atoms with E-state index in [2.05, 4.69) is 21.2 Å². The average Bonchev–Trinajstić information content (AvgIpc) is 2.22. The van der Waals surface area contributed by atoms with Crippen molar-refractivity contribution >= 4 is 38.3 Å². The van der Waals surface area contributed by atoms with Gasteiger partial charge in [0.2, 0.25) is 0 Å². The molecule has 2 nitrogen and oxygen atoms in total. The molecule has 5 heteroatoms. The van der Waals surface area contributed by atoms with Crippen LogP contribution >= 0.6 is 27.5 Å². The van der Waals surface area contributed by atoms with E-state index in [4.69, 9.17) is 11.6 Å². The van der Waals surface area contributed by atoms with Crippen molar-refractivity contribution in [2.24, 2.45) is 0 Å². The molecular formula is C11H15BrClNOS. The predicted molar refractivity (Wildman–Crippen MR) is 74.4 cm³/mol. The summed E-state index contributed by atoms with van der Waals surface area (Å²) in [7, 11) is -0.688. The molecule has 0 fully saturated rings. The third kappa shape index (κ3) is 5.43. The molecule has 0 aliphatic rings. The molecule has 0 aliphatic carbocycles. The van der Waals surface area contributed by atoms with Gasteiger partial charge in [0.25, 0.3) is 0 Å². The Morgan fingerprint density at radius 1 is 1.50 bits per heavy atom. The lowest BCUT2D eigenvalue weighted by Gasteiger charge is -2.05. The Bertz CT molecular complexity index is 373. The SMILES string of the molecule is CS(=O)CCCNCc1ccc(Br)c(Cl)c1. The Labute approximate surface area is 112 Å². The van der Waals surface area contributed by atoms with E-state index in [-0.39, 0.29) is 0 Å². The third-order valence-electron chi connectivity index (χ3n) is 2.10. The van der Waals surface area contributed by atoms with Gasteiger partial charge in [0, 0.05) is 33.8 Å². The summed E-state index contributed by atoms with van der Waals surface area (Å²) in [5.74, 6) is 0.758. The van der Waals surface area contributed by atoms with Gasteiger partial charge in [-0.1, -0.05) is 17.7 Å². The third-order valence-corrected chi connectivity index (χ3v) is 4.19. The van der Waals surface area contributed by atoms with Crippen LogP contribution in [0, 0.1) is 0 Å². The van der Waals surface area contributed by atoms with Crippen molar-refractivity contribution in [3.05, 3.63) is 33.3 Å². The minimum Gasteiger partial charge on any atom is -0.313 e. The molecule has 1 aromatic rings. The minimum atomic E-state index is -0.688. The van der Waals surface area contributed by atoms with Gasteiger partial charge in [0.15, 0.2) is 0 Å². The normalized spacial score (nSPS) is 12.7. The fraction of sp³-hybridized carbons (Fsp3) is 0.455. The standard InChI is InChI=1S/C11H15BrClNOS/c1-16(15)6-2-5-14-8-9-3-4-10(12)11(13)7-9/h3-4,7,14H,2,5-6,8H2,1H3. The van der Waals surface area contributed by atoms with E-state index < -0.39 is 10.8 Å². The summed E-state index contributed by atoms with van der Waals surface area (Å²) in [6, 6.07) is 5.91. The number of hydrogen-bond acceptors (Lipinski definition) is 2. The largest absolute Gasteiger partial charge is 0.313 e. The summed E-state index contributed by atoms with van der Waals surface area (Å²) in [4.78, 5) is 0. The van der Waals surface area contributed by atoms with Crippen molar-refractivity contribution in [2.45, 2.75) is 13.0 Å². The molecule has 0 spiro atoms. The molecule has 0 saturated heterocycles. The zero-order valence-corrected chi connectivity index (χ0v) is 12.3. The lowest BCUT2D eigenvalue weighted by Crippen LogP contribution is -2.16. The van der Waals surface area contributed by atoms with Crippen LogP contribution in [0.5, 0.6) is 0 Å². The highest BCUT2D eigenvalue weighted by Crippen LogP contribution is 2.22. The van der Waals surface area contributed by atoms with E-state index in [1.807, 2.05) is 18.2 Å². The van der Waals surface area contributed by atoms with Crippen molar-refractivity contribution in [1.82, 2.24) is 5.32 Å². The molecule has 0 aliphatic heterocycles. The van der Waals surface area contributed by atoms with Gasteiger partial charge in [0.1, 0.15) is 0 Å². The van der Waals surface area contributed by atoms with Crippen molar-refractivity contribution in [3.63, 3.8) is 0 Å². The Kier molecular flexibility index (Phi) is 6.58. The Hall–Kier alpha value is 0.1000. The lowest BCUT2D eigenvalue weighted by molar-refractivity contribution is 0.662. The predicted octanol–water partition coefficient (Wildman–Crippen LogP) is 2.96. The van der Waals surface area contributed by atoms with Crippen molar-refractivity contribution < 1.29 is 4.21 Å². The molecule has 0 bridgehead atoms. The van der Waals surface area contributed by atoms with Gasteiger partial charge in [0.05, 0.1) is 5.02 Å². The molecule has 1 unspecified atom stereocenters. The van der Waals surface area contributed by atoms with Crippen LogP contribution in [0.4, 0.5) is 0 Å². The molecule has 90 valence electrons. The van der Waals surface area contributed by atoms with Gasteiger partial charge in [-0.15, -0.1) is 0 Å². The first-order valence-corrected chi connectivity index (χ1v) is 7.94. The van der Waals surface area contributed by atoms with Gasteiger partial charge in [-0.05, 0) is 46.6 Å². The zero-order valence-electron chi connectivity index (χ0n) is 9.13. The van der Waals surface area contributed by atoms with Crippen LogP contribution in [0.3, 0.4) is 0 Å². The second-order valence-corrected chi connectivity index (χ2v) is 6.37. The second kappa shape index (κ2) is 7.43. The van der Waals surface area contributed by atoms with Crippen LogP contribution in [-0.4, -0.2) is 22.8 Å². The van der Waals surface area contributed by atoms with E-state index in [1.165, 1.54) is 0 Å². The van der Waals surface area contributed by atoms with E-state index in [1.54, 1.807) is 6.26 Å². The number of benzene rings is 1. The van der Waals surface area contributed by atoms with Crippen molar-refractivity contribution in [1.29, 1.82) is 0 Å². The summed E-state index contributed by atoms with van der Waals surface area (Å²) >= 11 is 9.33. The molecule has 16 heavy (non-hydrogen) atoms. The molecule has 0 heterocycles. The van der Waals surface area contributed by atoms with Gasteiger partial charge >= 0.3 is 0 Å².